The number of nitrogens with zero attached hydrogens (tertiary/aromatic N) is 1. The Morgan fingerprint density at radius 3 is 3.15 bits per heavy atom. The molecule has 0 aliphatic rings. The smallest absolute Gasteiger partial charge is 0.137 e. The largest absolute Gasteiger partial charge is 0.396 e. The first-order chi connectivity index (χ1) is 6.36. The summed E-state index contributed by atoms with van der Waals surface area (Å²) in [5.74, 6) is 2.89. The fourth-order valence-corrected chi connectivity index (χ4v) is 1.55. The SMILES string of the molecule is CCSCc1cc(CCCO)on1. The number of aryl methyl sites for hydroxylation is 1. The molecule has 0 aliphatic heterocycles. The minimum absolute atomic E-state index is 0.208. The highest BCUT2D eigenvalue weighted by Crippen LogP contribution is 2.12. The molecule has 1 aromatic rings. The highest BCUT2D eigenvalue weighted by Gasteiger charge is 2.02. The van der Waals surface area contributed by atoms with Crippen LogP contribution >= 0.6 is 11.8 Å². The molecule has 0 amide bonds. The molecular weight excluding hydrogens is 186 g/mol. The van der Waals surface area contributed by atoms with E-state index < -0.39 is 0 Å². The first-order valence-electron chi connectivity index (χ1n) is 4.50. The van der Waals surface area contributed by atoms with Crippen LogP contribution in [-0.2, 0) is 12.2 Å². The van der Waals surface area contributed by atoms with Crippen LogP contribution in [0.2, 0.25) is 0 Å². The van der Waals surface area contributed by atoms with E-state index in [2.05, 4.69) is 12.1 Å². The van der Waals surface area contributed by atoms with Gasteiger partial charge in [0.25, 0.3) is 0 Å². The van der Waals surface area contributed by atoms with Gasteiger partial charge >= 0.3 is 0 Å². The first-order valence-corrected chi connectivity index (χ1v) is 5.65. The van der Waals surface area contributed by atoms with Crippen LogP contribution < -0.4 is 0 Å². The van der Waals surface area contributed by atoms with Gasteiger partial charge in [-0.05, 0) is 12.2 Å². The number of hydrogen-bond donors (Lipinski definition) is 1. The molecule has 0 bridgehead atoms. The quantitative estimate of drug-likeness (QED) is 0.763. The predicted molar refractivity (Wildman–Crippen MR) is 53.7 cm³/mol. The Balaban J connectivity index is 2.34. The normalized spacial score (nSPS) is 10.6. The van der Waals surface area contributed by atoms with Gasteiger partial charge in [-0.2, -0.15) is 11.8 Å². The van der Waals surface area contributed by atoms with Crippen molar-refractivity contribution < 1.29 is 9.63 Å². The minimum Gasteiger partial charge on any atom is -0.396 e. The van der Waals surface area contributed by atoms with Crippen molar-refractivity contribution in [3.63, 3.8) is 0 Å². The molecule has 1 aromatic heterocycles. The van der Waals surface area contributed by atoms with Gasteiger partial charge in [0, 0.05) is 24.8 Å². The molecule has 0 atom stereocenters. The van der Waals surface area contributed by atoms with E-state index in [1.54, 1.807) is 0 Å². The Morgan fingerprint density at radius 1 is 1.62 bits per heavy atom. The lowest BCUT2D eigenvalue weighted by Crippen LogP contribution is -1.86. The number of rotatable bonds is 6. The summed E-state index contributed by atoms with van der Waals surface area (Å²) in [5.41, 5.74) is 1.000. The number of aliphatic hydroxyl groups excluding tert-OH is 1. The van der Waals surface area contributed by atoms with E-state index in [4.69, 9.17) is 9.63 Å². The zero-order chi connectivity index (χ0) is 9.52. The van der Waals surface area contributed by atoms with Crippen LogP contribution in [0.15, 0.2) is 10.6 Å². The third-order valence-corrected chi connectivity index (χ3v) is 2.55. The van der Waals surface area contributed by atoms with Crippen LogP contribution in [0.3, 0.4) is 0 Å². The summed E-state index contributed by atoms with van der Waals surface area (Å²) in [4.78, 5) is 0. The van der Waals surface area contributed by atoms with E-state index in [1.807, 2.05) is 17.8 Å². The lowest BCUT2D eigenvalue weighted by atomic mass is 10.2. The fourth-order valence-electron chi connectivity index (χ4n) is 1.00. The maximum Gasteiger partial charge on any atom is 0.137 e. The van der Waals surface area contributed by atoms with Crippen molar-refractivity contribution in [3.8, 4) is 0 Å². The fraction of sp³-hybridized carbons (Fsp3) is 0.667. The third kappa shape index (κ3) is 3.83. The van der Waals surface area contributed by atoms with E-state index >= 15 is 0 Å². The number of aromatic nitrogens is 1. The van der Waals surface area contributed by atoms with Crippen LogP contribution in [0, 0.1) is 0 Å². The average molecular weight is 201 g/mol. The molecule has 1 rings (SSSR count). The summed E-state index contributed by atoms with van der Waals surface area (Å²) >= 11 is 1.83. The van der Waals surface area contributed by atoms with Gasteiger partial charge in [0.1, 0.15) is 5.76 Å². The zero-order valence-corrected chi connectivity index (χ0v) is 8.64. The number of hydrogen-bond acceptors (Lipinski definition) is 4. The summed E-state index contributed by atoms with van der Waals surface area (Å²) in [6.45, 7) is 2.33. The van der Waals surface area contributed by atoms with Gasteiger partial charge in [-0.1, -0.05) is 12.1 Å². The second-order valence-electron chi connectivity index (χ2n) is 2.75. The van der Waals surface area contributed by atoms with Crippen molar-refractivity contribution in [2.24, 2.45) is 0 Å². The molecular formula is C9H15NO2S. The van der Waals surface area contributed by atoms with Crippen molar-refractivity contribution in [1.29, 1.82) is 0 Å². The summed E-state index contributed by atoms with van der Waals surface area (Å²) in [7, 11) is 0. The molecule has 13 heavy (non-hydrogen) atoms. The van der Waals surface area contributed by atoms with Crippen molar-refractivity contribution >= 4 is 11.8 Å². The first kappa shape index (κ1) is 10.6. The van der Waals surface area contributed by atoms with Crippen molar-refractivity contribution in [1.82, 2.24) is 5.16 Å². The molecule has 3 nitrogen and oxygen atoms in total. The Morgan fingerprint density at radius 2 is 2.46 bits per heavy atom. The van der Waals surface area contributed by atoms with Crippen LogP contribution in [-0.4, -0.2) is 22.6 Å². The van der Waals surface area contributed by atoms with Gasteiger partial charge in [0.15, 0.2) is 0 Å². The molecule has 0 radical (unpaired) electrons. The van der Waals surface area contributed by atoms with Crippen LogP contribution in [0.4, 0.5) is 0 Å². The minimum atomic E-state index is 0.208. The van der Waals surface area contributed by atoms with Gasteiger partial charge in [0.2, 0.25) is 0 Å². The van der Waals surface area contributed by atoms with Gasteiger partial charge in [-0.25, -0.2) is 0 Å². The van der Waals surface area contributed by atoms with Gasteiger partial charge < -0.3 is 9.63 Å². The third-order valence-electron chi connectivity index (χ3n) is 1.64. The van der Waals surface area contributed by atoms with E-state index in [-0.39, 0.29) is 6.61 Å². The van der Waals surface area contributed by atoms with E-state index in [9.17, 15) is 0 Å². The molecule has 74 valence electrons. The predicted octanol–water partition coefficient (Wildman–Crippen LogP) is 1.85. The Kier molecular flexibility index (Phi) is 4.93. The number of thioether (sulfide) groups is 1. The van der Waals surface area contributed by atoms with Crippen molar-refractivity contribution in [2.45, 2.75) is 25.5 Å². The Hall–Kier alpha value is -0.480. The zero-order valence-electron chi connectivity index (χ0n) is 7.82. The van der Waals surface area contributed by atoms with Crippen LogP contribution in [0.5, 0.6) is 0 Å². The average Bonchev–Trinajstić information content (AvgIpc) is 2.59. The van der Waals surface area contributed by atoms with Gasteiger partial charge in [-0.3, -0.25) is 0 Å². The molecule has 0 fully saturated rings. The highest BCUT2D eigenvalue weighted by molar-refractivity contribution is 7.98. The standard InChI is InChI=1S/C9H15NO2S/c1-2-13-7-8-6-9(12-10-8)4-3-5-11/h6,11H,2-5,7H2,1H3. The summed E-state index contributed by atoms with van der Waals surface area (Å²) in [5, 5.41) is 12.5. The maximum absolute atomic E-state index is 8.61. The van der Waals surface area contributed by atoms with Gasteiger partial charge in [-0.15, -0.1) is 0 Å². The monoisotopic (exact) mass is 201 g/mol. The lowest BCUT2D eigenvalue weighted by molar-refractivity contribution is 0.279. The molecule has 0 saturated heterocycles. The summed E-state index contributed by atoms with van der Waals surface area (Å²) in [6, 6.07) is 1.97. The number of aliphatic hydroxyl groups is 1. The molecule has 0 aliphatic carbocycles. The van der Waals surface area contributed by atoms with Crippen LogP contribution in [0.1, 0.15) is 24.8 Å². The van der Waals surface area contributed by atoms with Crippen molar-refractivity contribution in [2.75, 3.05) is 12.4 Å². The Labute approximate surface area is 82.5 Å². The lowest BCUT2D eigenvalue weighted by Gasteiger charge is -1.90. The van der Waals surface area contributed by atoms with Gasteiger partial charge in [0.05, 0.1) is 5.69 Å². The van der Waals surface area contributed by atoms with E-state index in [0.29, 0.717) is 0 Å². The Bertz CT molecular complexity index is 215. The maximum atomic E-state index is 8.61. The topological polar surface area (TPSA) is 46.3 Å². The van der Waals surface area contributed by atoms with Crippen LogP contribution in [0.25, 0.3) is 0 Å². The van der Waals surface area contributed by atoms with E-state index in [0.717, 1.165) is 35.8 Å². The highest BCUT2D eigenvalue weighted by atomic mass is 32.2. The molecule has 0 aromatic carbocycles. The molecule has 1 heterocycles. The van der Waals surface area contributed by atoms with E-state index in [1.165, 1.54) is 0 Å². The molecule has 1 N–H and O–H groups in total. The summed E-state index contributed by atoms with van der Waals surface area (Å²) in [6.07, 6.45) is 1.52. The van der Waals surface area contributed by atoms with Crippen molar-refractivity contribution in [3.05, 3.63) is 17.5 Å². The molecule has 0 spiro atoms. The molecule has 0 saturated carbocycles. The second-order valence-corrected chi connectivity index (χ2v) is 4.02. The molecule has 0 unspecified atom stereocenters. The molecule has 4 heteroatoms. The summed E-state index contributed by atoms with van der Waals surface area (Å²) < 4.78 is 5.09. The second kappa shape index (κ2) is 6.05.